The van der Waals surface area contributed by atoms with Crippen molar-refractivity contribution in [1.29, 1.82) is 0 Å². The summed E-state index contributed by atoms with van der Waals surface area (Å²) in [6.45, 7) is 2.26. The van der Waals surface area contributed by atoms with Crippen LogP contribution >= 0.6 is 0 Å². The van der Waals surface area contributed by atoms with Gasteiger partial charge in [-0.15, -0.1) is 0 Å². The first-order chi connectivity index (χ1) is 10.9. The Labute approximate surface area is 151 Å². The smallest absolute Gasteiger partial charge is 0.248 e. The summed E-state index contributed by atoms with van der Waals surface area (Å²) in [5, 5.41) is 1.19. The van der Waals surface area contributed by atoms with Gasteiger partial charge >= 0.3 is 19.5 Å². The summed E-state index contributed by atoms with van der Waals surface area (Å²) >= 11 is 0. The number of rotatable bonds is 6. The van der Waals surface area contributed by atoms with Gasteiger partial charge in [-0.3, -0.25) is 0 Å². The van der Waals surface area contributed by atoms with Crippen LogP contribution in [0.2, 0.25) is 0 Å². The van der Waals surface area contributed by atoms with Gasteiger partial charge in [0, 0.05) is 10.9 Å². The van der Waals surface area contributed by atoms with Gasteiger partial charge in [0.2, 0.25) is 0 Å². The maximum atomic E-state index is 4.76. The molecule has 0 aliphatic heterocycles. The second-order valence-corrected chi connectivity index (χ2v) is 5.90. The van der Waals surface area contributed by atoms with E-state index in [0.29, 0.717) is 0 Å². The zero-order valence-corrected chi connectivity index (χ0v) is 15.3. The van der Waals surface area contributed by atoms with Gasteiger partial charge in [0.05, 0.1) is 11.2 Å². The van der Waals surface area contributed by atoms with Crippen LogP contribution in [-0.4, -0.2) is 4.98 Å². The van der Waals surface area contributed by atoms with Crippen molar-refractivity contribution in [2.75, 3.05) is 0 Å². The summed E-state index contributed by atoms with van der Waals surface area (Å²) in [4.78, 5) is 4.76. The minimum atomic E-state index is 0. The molecule has 0 aliphatic rings. The molecule has 3 aromatic rings. The Morgan fingerprint density at radius 3 is 2.35 bits per heavy atom. The van der Waals surface area contributed by atoms with Gasteiger partial charge in [-0.25, -0.2) is 4.98 Å². The number of aryl methyl sites for hydroxylation is 1. The average molecular weight is 390 g/mol. The van der Waals surface area contributed by atoms with Gasteiger partial charge in [-0.05, 0) is 30.5 Å². The third kappa shape index (κ3) is 4.72. The summed E-state index contributed by atoms with van der Waals surface area (Å²) in [6.07, 6.45) is 6.46. The van der Waals surface area contributed by atoms with Crippen molar-refractivity contribution < 1.29 is 19.5 Å². The van der Waals surface area contributed by atoms with Crippen molar-refractivity contribution in [3.8, 4) is 11.3 Å². The number of nitrogens with zero attached hydrogens (tertiary/aromatic N) is 1. The molecule has 0 spiro atoms. The zero-order chi connectivity index (χ0) is 15.2. The summed E-state index contributed by atoms with van der Waals surface area (Å²) in [6, 6.07) is 21.4. The fourth-order valence-corrected chi connectivity index (χ4v) is 2.82. The van der Waals surface area contributed by atoms with Gasteiger partial charge in [-0.2, -0.15) is 0 Å². The first-order valence-electron chi connectivity index (χ1n) is 8.32. The maximum absolute atomic E-state index is 4.76. The Bertz CT molecular complexity index is 734. The number of unbranched alkanes of at least 4 members (excludes halogenated alkanes) is 3. The molecule has 1 nitrogen and oxygen atoms in total. The normalized spacial score (nSPS) is 10.5. The van der Waals surface area contributed by atoms with Crippen LogP contribution < -0.4 is 0 Å². The van der Waals surface area contributed by atoms with Crippen LogP contribution in [0.3, 0.4) is 0 Å². The molecule has 0 N–H and O–H groups in total. The van der Waals surface area contributed by atoms with Crippen molar-refractivity contribution in [2.24, 2.45) is 0 Å². The molecule has 0 amide bonds. The molecule has 117 valence electrons. The monoisotopic (exact) mass is 391 g/mol. The SMILES string of the molecule is CCCCCCc1ccc(-c2ccc3ccccc3n2)cc1.[Ru+3]. The molecule has 0 atom stereocenters. The molecule has 0 saturated heterocycles. The predicted molar refractivity (Wildman–Crippen MR) is 95.0 cm³/mol. The third-order valence-corrected chi connectivity index (χ3v) is 4.17. The van der Waals surface area contributed by atoms with E-state index in [0.717, 1.165) is 11.2 Å². The molecule has 0 aliphatic carbocycles. The number of pyridine rings is 1. The van der Waals surface area contributed by atoms with Gasteiger partial charge in [0.1, 0.15) is 0 Å². The van der Waals surface area contributed by atoms with Crippen molar-refractivity contribution in [3.05, 3.63) is 66.2 Å². The number of fused-ring (bicyclic) bond motifs is 1. The number of aromatic nitrogens is 1. The standard InChI is InChI=1S/C21H23N.Ru/c1-2-3-4-5-8-17-11-13-19(14-12-17)21-16-15-18-9-6-7-10-20(18)22-21;/h6-7,9-16H,2-5,8H2,1H3;/q;+3. The van der Waals surface area contributed by atoms with Gasteiger partial charge in [0.25, 0.3) is 0 Å². The van der Waals surface area contributed by atoms with Crippen molar-refractivity contribution in [1.82, 2.24) is 4.98 Å². The minimum absolute atomic E-state index is 0. The van der Waals surface area contributed by atoms with E-state index in [9.17, 15) is 0 Å². The molecule has 0 bridgehead atoms. The van der Waals surface area contributed by atoms with E-state index in [1.807, 2.05) is 6.07 Å². The summed E-state index contributed by atoms with van der Waals surface area (Å²) < 4.78 is 0. The van der Waals surface area contributed by atoms with E-state index in [-0.39, 0.29) is 19.5 Å². The van der Waals surface area contributed by atoms with Gasteiger partial charge < -0.3 is 0 Å². The van der Waals surface area contributed by atoms with Crippen molar-refractivity contribution in [3.63, 3.8) is 0 Å². The van der Waals surface area contributed by atoms with Crippen LogP contribution in [0.25, 0.3) is 22.2 Å². The number of benzene rings is 2. The van der Waals surface area contributed by atoms with E-state index in [2.05, 4.69) is 61.5 Å². The average Bonchev–Trinajstić information content (AvgIpc) is 2.59. The number of para-hydroxylation sites is 1. The molecule has 0 unspecified atom stereocenters. The Balaban J connectivity index is 0.00000192. The van der Waals surface area contributed by atoms with Crippen LogP contribution in [0.15, 0.2) is 60.7 Å². The molecule has 1 radical (unpaired) electrons. The number of hydrogen-bond donors (Lipinski definition) is 0. The largest absolute Gasteiger partial charge is 3.00 e. The summed E-state index contributed by atoms with van der Waals surface area (Å²) in [5.74, 6) is 0. The quantitative estimate of drug-likeness (QED) is 0.370. The Morgan fingerprint density at radius 2 is 1.57 bits per heavy atom. The van der Waals surface area contributed by atoms with E-state index in [1.54, 1.807) is 0 Å². The molecule has 2 heteroatoms. The Kier molecular flexibility index (Phi) is 6.93. The molecule has 1 heterocycles. The van der Waals surface area contributed by atoms with E-state index >= 15 is 0 Å². The van der Waals surface area contributed by atoms with Crippen LogP contribution in [0.1, 0.15) is 38.2 Å². The van der Waals surface area contributed by atoms with Crippen LogP contribution in [-0.2, 0) is 25.9 Å². The summed E-state index contributed by atoms with van der Waals surface area (Å²) in [7, 11) is 0. The second-order valence-electron chi connectivity index (χ2n) is 5.90. The Hall–Kier alpha value is -1.53. The molecule has 0 saturated carbocycles. The van der Waals surface area contributed by atoms with Gasteiger partial charge in [-0.1, -0.05) is 74.7 Å². The Morgan fingerprint density at radius 1 is 0.783 bits per heavy atom. The maximum Gasteiger partial charge on any atom is 3.00 e. The van der Waals surface area contributed by atoms with Crippen LogP contribution in [0.5, 0.6) is 0 Å². The predicted octanol–water partition coefficient (Wildman–Crippen LogP) is 6.02. The van der Waals surface area contributed by atoms with E-state index in [1.165, 1.54) is 48.6 Å². The number of hydrogen-bond acceptors (Lipinski definition) is 1. The molecule has 2 aromatic carbocycles. The molecular formula is C21H23NRu+3. The fraction of sp³-hybridized carbons (Fsp3) is 0.286. The molecule has 1 aromatic heterocycles. The van der Waals surface area contributed by atoms with Crippen molar-refractivity contribution in [2.45, 2.75) is 39.0 Å². The van der Waals surface area contributed by atoms with E-state index in [4.69, 9.17) is 4.98 Å². The fourth-order valence-electron chi connectivity index (χ4n) is 2.82. The van der Waals surface area contributed by atoms with Crippen LogP contribution in [0.4, 0.5) is 0 Å². The van der Waals surface area contributed by atoms with E-state index < -0.39 is 0 Å². The molecular weight excluding hydrogens is 367 g/mol. The minimum Gasteiger partial charge on any atom is -0.248 e. The first-order valence-corrected chi connectivity index (χ1v) is 8.32. The first kappa shape index (κ1) is 17.8. The van der Waals surface area contributed by atoms with Gasteiger partial charge in [0.15, 0.2) is 0 Å². The second kappa shape index (κ2) is 8.94. The van der Waals surface area contributed by atoms with Crippen LogP contribution in [0, 0.1) is 0 Å². The summed E-state index contributed by atoms with van der Waals surface area (Å²) in [5.41, 5.74) is 4.74. The molecule has 23 heavy (non-hydrogen) atoms. The third-order valence-electron chi connectivity index (χ3n) is 4.17. The topological polar surface area (TPSA) is 12.9 Å². The van der Waals surface area contributed by atoms with Crippen molar-refractivity contribution >= 4 is 10.9 Å². The zero-order valence-electron chi connectivity index (χ0n) is 13.6. The molecule has 0 fully saturated rings. The molecule has 3 rings (SSSR count).